The summed E-state index contributed by atoms with van der Waals surface area (Å²) in [5.74, 6) is -0.120. The summed E-state index contributed by atoms with van der Waals surface area (Å²) in [6.45, 7) is 0.366. The van der Waals surface area contributed by atoms with Crippen molar-refractivity contribution in [2.45, 2.75) is 29.4 Å². The van der Waals surface area contributed by atoms with Crippen molar-refractivity contribution in [3.8, 4) is 5.75 Å². The molecule has 1 amide bonds. The summed E-state index contributed by atoms with van der Waals surface area (Å²) in [4.78, 5) is 23.2. The first-order valence-corrected chi connectivity index (χ1v) is 14.6. The van der Waals surface area contributed by atoms with Crippen molar-refractivity contribution in [3.05, 3.63) is 100 Å². The minimum atomic E-state index is -3.78. The minimum Gasteiger partial charge on any atom is -0.494 e. The third-order valence-electron chi connectivity index (χ3n) is 6.64. The third kappa shape index (κ3) is 6.51. The number of carbonyl (C=O) groups is 1. The molecule has 0 aromatic heterocycles. The average molecular weight is 578 g/mol. The first-order valence-electron chi connectivity index (χ1n) is 13.0. The van der Waals surface area contributed by atoms with Crippen molar-refractivity contribution >= 4 is 27.3 Å². The zero-order valence-corrected chi connectivity index (χ0v) is 23.6. The number of aliphatic imine (C=N–C) groups is 1. The molecule has 0 spiro atoms. The molecule has 0 saturated heterocycles. The zero-order valence-electron chi connectivity index (χ0n) is 22.8. The van der Waals surface area contributed by atoms with Crippen molar-refractivity contribution in [2.24, 2.45) is 10.1 Å². The van der Waals surface area contributed by atoms with Crippen LogP contribution in [-0.2, 0) is 19.4 Å². The van der Waals surface area contributed by atoms with Gasteiger partial charge in [0.2, 0.25) is 5.90 Å². The molecule has 3 aromatic carbocycles. The maximum absolute atomic E-state index is 14.0. The molecule has 0 radical (unpaired) electrons. The number of azide groups is 1. The van der Waals surface area contributed by atoms with Crippen LogP contribution in [0.2, 0.25) is 0 Å². The number of benzene rings is 3. The average Bonchev–Trinajstić information content (AvgIpc) is 3.38. The van der Waals surface area contributed by atoms with Gasteiger partial charge in [-0.05, 0) is 41.9 Å². The van der Waals surface area contributed by atoms with Crippen LogP contribution in [0.4, 0.5) is 5.69 Å². The largest absolute Gasteiger partial charge is 0.494 e. The minimum absolute atomic E-state index is 0.0173. The van der Waals surface area contributed by atoms with Crippen molar-refractivity contribution in [1.29, 1.82) is 0 Å². The number of rotatable bonds is 12. The Hall–Kier alpha value is -4.38. The number of hydrogen-bond donors (Lipinski definition) is 1. The summed E-state index contributed by atoms with van der Waals surface area (Å²) in [5.41, 5.74) is 8.70. The molecule has 0 fully saturated rings. The van der Waals surface area contributed by atoms with Gasteiger partial charge in [-0.25, -0.2) is 13.4 Å². The topological polar surface area (TPSA) is 154 Å². The molecule has 1 aliphatic heterocycles. The monoisotopic (exact) mass is 577 g/mol. The van der Waals surface area contributed by atoms with Gasteiger partial charge in [0, 0.05) is 55.3 Å². The lowest BCUT2D eigenvalue weighted by molar-refractivity contribution is -0.137. The normalized spacial score (nSPS) is 18.1. The van der Waals surface area contributed by atoms with Crippen LogP contribution in [0.1, 0.15) is 30.1 Å². The Balaban J connectivity index is 1.81. The second-order valence-corrected chi connectivity index (χ2v) is 11.7. The molecule has 41 heavy (non-hydrogen) atoms. The van der Waals surface area contributed by atoms with Gasteiger partial charge in [-0.15, -0.1) is 0 Å². The van der Waals surface area contributed by atoms with Gasteiger partial charge >= 0.3 is 0 Å². The van der Waals surface area contributed by atoms with E-state index < -0.39 is 27.4 Å². The summed E-state index contributed by atoms with van der Waals surface area (Å²) in [5, 5.41) is 12.8. The molecule has 0 saturated carbocycles. The molecule has 12 heteroatoms. The maximum Gasteiger partial charge on any atom is 0.254 e. The number of likely N-dealkylation sites (N-methyl/N-ethyl adjacent to an activating group) is 1. The van der Waals surface area contributed by atoms with E-state index in [1.54, 1.807) is 80.8 Å². The van der Waals surface area contributed by atoms with Crippen LogP contribution < -0.4 is 4.74 Å². The fourth-order valence-electron chi connectivity index (χ4n) is 4.60. The summed E-state index contributed by atoms with van der Waals surface area (Å²) >= 11 is 0. The number of carbonyl (C=O) groups excluding carboxylic acids is 1. The number of hydrogen-bond acceptors (Lipinski definition) is 8. The lowest BCUT2D eigenvalue weighted by Gasteiger charge is -2.33. The Bertz CT molecular complexity index is 1550. The quantitative estimate of drug-likeness (QED) is 0.144. The summed E-state index contributed by atoms with van der Waals surface area (Å²) in [6, 6.07) is 21.6. The Morgan fingerprint density at radius 3 is 2.44 bits per heavy atom. The van der Waals surface area contributed by atoms with Crippen LogP contribution in [0, 0.1) is 0 Å². The van der Waals surface area contributed by atoms with Gasteiger partial charge in [-0.1, -0.05) is 47.6 Å². The van der Waals surface area contributed by atoms with E-state index in [2.05, 4.69) is 10.0 Å². The van der Waals surface area contributed by atoms with Crippen LogP contribution >= 0.6 is 0 Å². The highest BCUT2D eigenvalue weighted by atomic mass is 32.2. The summed E-state index contributed by atoms with van der Waals surface area (Å²) in [7, 11) is -0.646. The van der Waals surface area contributed by atoms with E-state index in [9.17, 15) is 18.7 Å². The number of sulfone groups is 1. The lowest BCUT2D eigenvalue weighted by Crippen LogP contribution is -2.48. The highest BCUT2D eigenvalue weighted by Gasteiger charge is 2.54. The van der Waals surface area contributed by atoms with Gasteiger partial charge in [0.15, 0.2) is 21.5 Å². The maximum atomic E-state index is 14.0. The van der Waals surface area contributed by atoms with Gasteiger partial charge in [0.05, 0.1) is 17.3 Å². The van der Waals surface area contributed by atoms with Crippen LogP contribution in [0.5, 0.6) is 5.75 Å². The van der Waals surface area contributed by atoms with E-state index in [4.69, 9.17) is 19.6 Å². The second kappa shape index (κ2) is 12.9. The molecule has 3 aromatic rings. The van der Waals surface area contributed by atoms with Crippen LogP contribution in [0.25, 0.3) is 10.4 Å². The standard InChI is InChI=1S/C29H31N5O6S/c1-34(2)28(36)29(17-20-41(37,38)23-9-4-3-5-10-23)26(24-11-6-7-12-25(24)32-33-30)40-27(31-29)21-13-15-22(16-14-21)39-19-8-18-35/h3-7,9-16,26,35H,8,17-20H2,1-2H3/t26-,29-/m0/s1. The Morgan fingerprint density at radius 2 is 1.78 bits per heavy atom. The highest BCUT2D eigenvalue weighted by molar-refractivity contribution is 7.91. The first-order chi connectivity index (χ1) is 19.7. The van der Waals surface area contributed by atoms with E-state index in [0.717, 1.165) is 0 Å². The summed E-state index contributed by atoms with van der Waals surface area (Å²) in [6.07, 6.45) is -0.784. The van der Waals surface area contributed by atoms with Gasteiger partial charge in [0.1, 0.15) is 5.75 Å². The van der Waals surface area contributed by atoms with Crippen molar-refractivity contribution in [2.75, 3.05) is 33.1 Å². The molecular formula is C29H31N5O6S. The van der Waals surface area contributed by atoms with E-state index in [1.807, 2.05) is 0 Å². The van der Waals surface area contributed by atoms with Gasteiger partial charge in [-0.2, -0.15) is 0 Å². The number of nitrogens with zero attached hydrogens (tertiary/aromatic N) is 5. The predicted molar refractivity (Wildman–Crippen MR) is 154 cm³/mol. The van der Waals surface area contributed by atoms with E-state index in [-0.39, 0.29) is 35.3 Å². The molecule has 214 valence electrons. The number of aliphatic hydroxyl groups excluding tert-OH is 1. The molecule has 1 heterocycles. The molecule has 1 aliphatic rings. The first kappa shape index (κ1) is 29.6. The Labute approximate surface area is 238 Å². The summed E-state index contributed by atoms with van der Waals surface area (Å²) < 4.78 is 38.6. The van der Waals surface area contributed by atoms with E-state index in [0.29, 0.717) is 29.9 Å². The Morgan fingerprint density at radius 1 is 1.10 bits per heavy atom. The predicted octanol–water partition coefficient (Wildman–Crippen LogP) is 4.60. The third-order valence-corrected chi connectivity index (χ3v) is 8.37. The van der Waals surface area contributed by atoms with Gasteiger partial charge < -0.3 is 19.5 Å². The second-order valence-electron chi connectivity index (χ2n) is 9.62. The molecule has 4 rings (SSSR count). The molecule has 0 bridgehead atoms. The molecule has 1 N–H and O–H groups in total. The van der Waals surface area contributed by atoms with Crippen LogP contribution in [-0.4, -0.2) is 68.8 Å². The zero-order chi connectivity index (χ0) is 29.5. The van der Waals surface area contributed by atoms with Crippen molar-refractivity contribution < 1.29 is 27.8 Å². The molecular weight excluding hydrogens is 546 g/mol. The molecule has 11 nitrogen and oxygen atoms in total. The van der Waals surface area contributed by atoms with E-state index in [1.165, 1.54) is 17.0 Å². The van der Waals surface area contributed by atoms with Gasteiger partial charge in [0.25, 0.3) is 5.91 Å². The number of aliphatic hydroxyl groups is 1. The van der Waals surface area contributed by atoms with Gasteiger partial charge in [-0.3, -0.25) is 4.79 Å². The van der Waals surface area contributed by atoms with Crippen LogP contribution in [0.15, 0.2) is 93.9 Å². The fourth-order valence-corrected chi connectivity index (χ4v) is 5.99. The van der Waals surface area contributed by atoms with Crippen LogP contribution in [0.3, 0.4) is 0 Å². The Kier molecular flexibility index (Phi) is 9.28. The number of ether oxygens (including phenoxy) is 2. The molecule has 2 atom stereocenters. The SMILES string of the molecule is CN(C)C(=O)[C@@]1(CCS(=O)(=O)c2ccccc2)N=C(c2ccc(OCCCO)cc2)O[C@H]1c1ccccc1N=[N+]=[N-]. The van der Waals surface area contributed by atoms with Crippen molar-refractivity contribution in [3.63, 3.8) is 0 Å². The fraction of sp³-hybridized carbons (Fsp3) is 0.310. The van der Waals surface area contributed by atoms with E-state index >= 15 is 0 Å². The molecule has 0 unspecified atom stereocenters. The molecule has 0 aliphatic carbocycles. The highest BCUT2D eigenvalue weighted by Crippen LogP contribution is 2.46. The van der Waals surface area contributed by atoms with Crippen molar-refractivity contribution in [1.82, 2.24) is 4.90 Å². The lowest BCUT2D eigenvalue weighted by atomic mass is 9.84. The smallest absolute Gasteiger partial charge is 0.254 e. The number of amides is 1.